The van der Waals surface area contributed by atoms with E-state index in [-0.39, 0.29) is 23.3 Å². The summed E-state index contributed by atoms with van der Waals surface area (Å²) in [6, 6.07) is 11.8. The van der Waals surface area contributed by atoms with Gasteiger partial charge in [-0.25, -0.2) is 9.18 Å². The van der Waals surface area contributed by atoms with E-state index >= 15 is 4.39 Å². The Labute approximate surface area is 259 Å². The monoisotopic (exact) mass is 609 g/mol. The van der Waals surface area contributed by atoms with Crippen molar-refractivity contribution in [3.8, 4) is 22.7 Å². The maximum Gasteiger partial charge on any atom is 0.407 e. The highest BCUT2D eigenvalue weighted by atomic mass is 28.3. The number of nitrogen functional groups attached to an aromatic ring is 1. The number of carbonyl (C=O) groups is 1. The number of nitrogens with two attached hydrogens (primary N) is 1. The molecule has 0 radical (unpaired) electrons. The number of benzene rings is 2. The van der Waals surface area contributed by atoms with Crippen LogP contribution >= 0.6 is 0 Å². The number of likely N-dealkylation sites (tertiary alicyclic amines) is 1. The van der Waals surface area contributed by atoms with Crippen LogP contribution in [0.25, 0.3) is 32.9 Å². The van der Waals surface area contributed by atoms with Gasteiger partial charge in [-0.2, -0.15) is 0 Å². The predicted octanol–water partition coefficient (Wildman–Crippen LogP) is 7.68. The zero-order valence-electron chi connectivity index (χ0n) is 26.2. The van der Waals surface area contributed by atoms with Crippen molar-refractivity contribution in [2.45, 2.75) is 76.7 Å². The molecule has 2 fully saturated rings. The van der Waals surface area contributed by atoms with E-state index in [1.807, 2.05) is 36.4 Å². The van der Waals surface area contributed by atoms with Gasteiger partial charge in [0.15, 0.2) is 5.82 Å². The average Bonchev–Trinajstić information content (AvgIpc) is 3.30. The molecule has 4 heterocycles. The molecule has 2 saturated heterocycles. The number of carboxylic acid groups (broad SMARTS) is 1. The maximum absolute atomic E-state index is 16.5. The number of pyridine rings is 2. The zero-order valence-corrected chi connectivity index (χ0v) is 27.2. The number of hydrogen-bond donors (Lipinski definition) is 2. The Morgan fingerprint density at radius 2 is 1.70 bits per heavy atom. The fraction of sp³-hybridized carbons (Fsp3) is 0.400. The number of hydrogen-bond acceptors (Lipinski definition) is 5. The third-order valence-corrected chi connectivity index (χ3v) is 16.4. The molecular weight excluding hydrogens is 570 g/mol. The smallest absolute Gasteiger partial charge is 0.407 e. The van der Waals surface area contributed by atoms with E-state index in [0.29, 0.717) is 58.5 Å². The highest BCUT2D eigenvalue weighted by molar-refractivity contribution is 6.90. The molecule has 3 N–H and O–H groups in total. The zero-order chi connectivity index (χ0) is 31.5. The van der Waals surface area contributed by atoms with Crippen molar-refractivity contribution in [3.63, 3.8) is 0 Å². The van der Waals surface area contributed by atoms with E-state index in [0.717, 1.165) is 16.3 Å². The van der Waals surface area contributed by atoms with Crippen molar-refractivity contribution in [3.05, 3.63) is 60.2 Å². The van der Waals surface area contributed by atoms with Gasteiger partial charge in [-0.05, 0) is 34.5 Å². The lowest BCUT2D eigenvalue weighted by Crippen LogP contribution is -2.63. The van der Waals surface area contributed by atoms with Crippen LogP contribution in [-0.4, -0.2) is 59.3 Å². The van der Waals surface area contributed by atoms with Gasteiger partial charge >= 0.3 is 6.09 Å². The molecule has 1 amide bonds. The van der Waals surface area contributed by atoms with Crippen LogP contribution in [-0.2, 0) is 0 Å². The highest BCUT2D eigenvalue weighted by Crippen LogP contribution is 2.44. The number of anilines is 2. The van der Waals surface area contributed by atoms with Crippen LogP contribution in [0.15, 0.2) is 48.8 Å². The number of halogens is 1. The minimum atomic E-state index is -2.00. The van der Waals surface area contributed by atoms with Crippen LogP contribution < -0.4 is 10.6 Å². The minimum Gasteiger partial charge on any atom is -0.465 e. The van der Waals surface area contributed by atoms with Gasteiger partial charge in [0, 0.05) is 41.2 Å². The second kappa shape index (κ2) is 11.1. The van der Waals surface area contributed by atoms with Gasteiger partial charge in [0.05, 0.1) is 29.7 Å². The van der Waals surface area contributed by atoms with E-state index in [9.17, 15) is 9.90 Å². The van der Waals surface area contributed by atoms with Crippen molar-refractivity contribution < 1.29 is 14.3 Å². The lowest BCUT2D eigenvalue weighted by Gasteiger charge is -2.48. The van der Waals surface area contributed by atoms with Crippen LogP contribution in [0, 0.1) is 17.3 Å². The highest BCUT2D eigenvalue weighted by Gasteiger charge is 2.50. The quantitative estimate of drug-likeness (QED) is 0.178. The van der Waals surface area contributed by atoms with Crippen molar-refractivity contribution in [1.29, 1.82) is 0 Å². The second-order valence-corrected chi connectivity index (χ2v) is 18.7. The van der Waals surface area contributed by atoms with Gasteiger partial charge in [0.1, 0.15) is 19.3 Å². The average molecular weight is 610 g/mol. The third-order valence-electron chi connectivity index (χ3n) is 10.1. The molecule has 2 aliphatic heterocycles. The first kappa shape index (κ1) is 29.9. The van der Waals surface area contributed by atoms with Gasteiger partial charge in [0.25, 0.3) is 0 Å². The summed E-state index contributed by atoms with van der Waals surface area (Å²) in [5.41, 5.74) is 14.8. The van der Waals surface area contributed by atoms with Crippen molar-refractivity contribution in [2.75, 3.05) is 23.7 Å². The molecule has 0 saturated carbocycles. The topological polar surface area (TPSA) is 95.6 Å². The summed E-state index contributed by atoms with van der Waals surface area (Å²) >= 11 is 0. The molecule has 2 atom stereocenters. The summed E-state index contributed by atoms with van der Waals surface area (Å²) in [5.74, 6) is 3.09. The number of fused-ring (bicyclic) bond motifs is 3. The summed E-state index contributed by atoms with van der Waals surface area (Å²) in [6.45, 7) is 14.8. The molecule has 44 heavy (non-hydrogen) atoms. The molecule has 0 aliphatic carbocycles. The first-order valence-corrected chi connectivity index (χ1v) is 17.7. The van der Waals surface area contributed by atoms with Gasteiger partial charge < -0.3 is 20.6 Å². The largest absolute Gasteiger partial charge is 0.465 e. The number of nitrogens with zero attached hydrogens (tertiary/aromatic N) is 4. The predicted molar refractivity (Wildman–Crippen MR) is 179 cm³/mol. The molecule has 6 rings (SSSR count). The number of rotatable bonds is 5. The van der Waals surface area contributed by atoms with E-state index < -0.39 is 20.0 Å². The molecule has 2 aliphatic rings. The lowest BCUT2D eigenvalue weighted by molar-refractivity contribution is 0.129. The standard InChI is InChI=1S/C35H40FN5O2Si/c1-20(2)44(21(3)4,22(5)6)16-14-24-10-7-9-23-11-8-12-25(30(23)24)32-31(36)33-26(17-38-32)34(27(37)18-39-33)41-19-29-28(41)13-15-40(29)35(42)43/h7-12,17-18,20-22,28-29H,13,15,19,37H2,1-6H3,(H,42,43)/t28-,29-/m1/s1. The molecular formula is C35H40FN5O2Si. The van der Waals surface area contributed by atoms with Crippen LogP contribution in [0.2, 0.25) is 16.6 Å². The van der Waals surface area contributed by atoms with Gasteiger partial charge in [-0.15, -0.1) is 5.54 Å². The fourth-order valence-electron chi connectivity index (χ4n) is 8.00. The molecule has 0 unspecified atom stereocenters. The van der Waals surface area contributed by atoms with Crippen molar-refractivity contribution in [1.82, 2.24) is 14.9 Å². The van der Waals surface area contributed by atoms with Crippen LogP contribution in [0.3, 0.4) is 0 Å². The SMILES string of the molecule is CC(C)[Si](C#Cc1cccc2cccc(-c3ncc4c(N5C[C@@H]6[C@H]5CCN6C(=O)O)c(N)cnc4c3F)c12)(C(C)C)C(C)C. The van der Waals surface area contributed by atoms with Gasteiger partial charge in [-0.3, -0.25) is 9.97 Å². The van der Waals surface area contributed by atoms with Crippen molar-refractivity contribution in [2.24, 2.45) is 0 Å². The normalized spacial score (nSPS) is 18.2. The Hall–Kier alpha value is -4.16. The number of amides is 1. The first-order valence-electron chi connectivity index (χ1n) is 15.5. The molecule has 4 aromatic rings. The summed E-state index contributed by atoms with van der Waals surface area (Å²) in [6.07, 6.45) is 2.94. The van der Waals surface area contributed by atoms with E-state index in [1.54, 1.807) is 6.20 Å². The molecule has 7 nitrogen and oxygen atoms in total. The summed E-state index contributed by atoms with van der Waals surface area (Å²) < 4.78 is 16.5. The van der Waals surface area contributed by atoms with Crippen LogP contribution in [0.4, 0.5) is 20.6 Å². The minimum absolute atomic E-state index is 0.000811. The van der Waals surface area contributed by atoms with Gasteiger partial charge in [0.2, 0.25) is 0 Å². The Balaban J connectivity index is 1.48. The van der Waals surface area contributed by atoms with Gasteiger partial charge in [-0.1, -0.05) is 77.8 Å². The molecule has 228 valence electrons. The van der Waals surface area contributed by atoms with E-state index in [2.05, 4.69) is 62.9 Å². The molecule has 2 aromatic carbocycles. The third kappa shape index (κ3) is 4.50. The summed E-state index contributed by atoms with van der Waals surface area (Å²) in [5, 5.41) is 11.9. The van der Waals surface area contributed by atoms with E-state index in [4.69, 9.17) is 10.7 Å². The first-order chi connectivity index (χ1) is 21.0. The summed E-state index contributed by atoms with van der Waals surface area (Å²) in [4.78, 5) is 24.3. The molecule has 0 bridgehead atoms. The maximum atomic E-state index is 16.5. The molecule has 2 aromatic heterocycles. The Morgan fingerprint density at radius 1 is 1.02 bits per heavy atom. The second-order valence-electron chi connectivity index (χ2n) is 13.2. The lowest BCUT2D eigenvalue weighted by atomic mass is 9.94. The van der Waals surface area contributed by atoms with Crippen molar-refractivity contribution >= 4 is 47.2 Å². The fourth-order valence-corrected chi connectivity index (χ4v) is 13.2. The molecule has 9 heteroatoms. The summed E-state index contributed by atoms with van der Waals surface area (Å²) in [7, 11) is -2.00. The van der Waals surface area contributed by atoms with Crippen LogP contribution in [0.1, 0.15) is 53.5 Å². The van der Waals surface area contributed by atoms with Crippen LogP contribution in [0.5, 0.6) is 0 Å². The van der Waals surface area contributed by atoms with E-state index in [1.165, 1.54) is 11.1 Å². The Morgan fingerprint density at radius 3 is 2.36 bits per heavy atom. The Kier molecular flexibility index (Phi) is 7.53. The number of aromatic nitrogens is 2. The Bertz CT molecular complexity index is 1820. The molecule has 0 spiro atoms.